The Labute approximate surface area is 149 Å². The third-order valence-corrected chi connectivity index (χ3v) is 4.96. The van der Waals surface area contributed by atoms with Gasteiger partial charge in [0.05, 0.1) is 4.47 Å². The molecular formula is C18H20BrN3O2. The van der Waals surface area contributed by atoms with E-state index in [0.29, 0.717) is 10.0 Å². The molecule has 2 aromatic rings. The molecule has 0 aliphatic carbocycles. The van der Waals surface area contributed by atoms with Crippen LogP contribution in [0.2, 0.25) is 0 Å². The average molecular weight is 390 g/mol. The number of likely N-dealkylation sites (N-methyl/N-ethyl adjacent to an activating group) is 1. The molecule has 1 fully saturated rings. The van der Waals surface area contributed by atoms with Crippen LogP contribution in [0.4, 0.5) is 0 Å². The number of aromatic nitrogens is 1. The summed E-state index contributed by atoms with van der Waals surface area (Å²) < 4.78 is 2.07. The number of benzene rings is 1. The summed E-state index contributed by atoms with van der Waals surface area (Å²) in [5.74, 6) is 0.0799. The van der Waals surface area contributed by atoms with Crippen LogP contribution >= 0.6 is 15.9 Å². The van der Waals surface area contributed by atoms with E-state index in [2.05, 4.69) is 27.9 Å². The molecule has 5 nitrogen and oxygen atoms in total. The highest BCUT2D eigenvalue weighted by Crippen LogP contribution is 2.22. The van der Waals surface area contributed by atoms with E-state index in [4.69, 9.17) is 0 Å². The summed E-state index contributed by atoms with van der Waals surface area (Å²) in [6.45, 7) is 3.36. The van der Waals surface area contributed by atoms with Crippen LogP contribution in [0, 0.1) is 0 Å². The smallest absolute Gasteiger partial charge is 0.264 e. The number of halogens is 1. The molecule has 1 aromatic carbocycles. The summed E-state index contributed by atoms with van der Waals surface area (Å²) in [6, 6.07) is 9.37. The van der Waals surface area contributed by atoms with Crippen LogP contribution in [0.5, 0.6) is 0 Å². The van der Waals surface area contributed by atoms with Crippen molar-refractivity contribution in [1.29, 1.82) is 0 Å². The zero-order valence-corrected chi connectivity index (χ0v) is 15.4. The molecule has 0 atom stereocenters. The first-order chi connectivity index (χ1) is 11.5. The van der Waals surface area contributed by atoms with Crippen LogP contribution in [0.15, 0.2) is 45.8 Å². The third-order valence-electron chi connectivity index (χ3n) is 4.40. The fourth-order valence-corrected chi connectivity index (χ4v) is 3.35. The van der Waals surface area contributed by atoms with Crippen molar-refractivity contribution in [2.45, 2.75) is 0 Å². The lowest BCUT2D eigenvalue weighted by Crippen LogP contribution is -2.47. The Balaban J connectivity index is 1.81. The Morgan fingerprint density at radius 2 is 1.62 bits per heavy atom. The molecule has 3 rings (SSSR count). The van der Waals surface area contributed by atoms with E-state index in [0.717, 1.165) is 37.3 Å². The lowest BCUT2D eigenvalue weighted by atomic mass is 10.0. The monoisotopic (exact) mass is 389 g/mol. The van der Waals surface area contributed by atoms with Gasteiger partial charge < -0.3 is 14.4 Å². The number of hydrogen-bond acceptors (Lipinski definition) is 3. The van der Waals surface area contributed by atoms with Crippen molar-refractivity contribution in [2.75, 3.05) is 33.2 Å². The summed E-state index contributed by atoms with van der Waals surface area (Å²) in [6.07, 6.45) is 1.80. The first kappa shape index (κ1) is 16.9. The summed E-state index contributed by atoms with van der Waals surface area (Å²) in [5.41, 5.74) is 2.54. The molecule has 0 unspecified atom stereocenters. The van der Waals surface area contributed by atoms with Gasteiger partial charge in [-0.25, -0.2) is 0 Å². The SMILES string of the molecule is CN1CCN(C(=O)c2ccc(-c3cc(Br)c(=O)n(C)c3)cc2)CC1. The van der Waals surface area contributed by atoms with Crippen LogP contribution in [0.25, 0.3) is 11.1 Å². The molecule has 0 radical (unpaired) electrons. The molecule has 2 heterocycles. The number of hydrogen-bond donors (Lipinski definition) is 0. The van der Waals surface area contributed by atoms with Crippen LogP contribution in [-0.2, 0) is 7.05 Å². The summed E-state index contributed by atoms with van der Waals surface area (Å²) in [7, 11) is 3.80. The number of aryl methyl sites for hydroxylation is 1. The highest BCUT2D eigenvalue weighted by Gasteiger charge is 2.20. The van der Waals surface area contributed by atoms with Crippen molar-refractivity contribution >= 4 is 21.8 Å². The highest BCUT2D eigenvalue weighted by atomic mass is 79.9. The van der Waals surface area contributed by atoms with Crippen LogP contribution in [0.1, 0.15) is 10.4 Å². The number of piperazine rings is 1. The van der Waals surface area contributed by atoms with E-state index in [9.17, 15) is 9.59 Å². The van der Waals surface area contributed by atoms with Gasteiger partial charge in [-0.3, -0.25) is 9.59 Å². The maximum Gasteiger partial charge on any atom is 0.264 e. The van der Waals surface area contributed by atoms with Crippen LogP contribution in [0.3, 0.4) is 0 Å². The predicted molar refractivity (Wildman–Crippen MR) is 98.2 cm³/mol. The highest BCUT2D eigenvalue weighted by molar-refractivity contribution is 9.10. The Bertz CT molecular complexity index is 780. The second-order valence-corrected chi connectivity index (χ2v) is 7.02. The fourth-order valence-electron chi connectivity index (χ4n) is 2.83. The quantitative estimate of drug-likeness (QED) is 0.790. The van der Waals surface area contributed by atoms with Crippen LogP contribution < -0.4 is 5.56 Å². The van der Waals surface area contributed by atoms with E-state index >= 15 is 0 Å². The van der Waals surface area contributed by atoms with E-state index in [1.165, 1.54) is 0 Å². The minimum atomic E-state index is -0.0689. The molecule has 0 saturated carbocycles. The van der Waals surface area contributed by atoms with Crippen LogP contribution in [-0.4, -0.2) is 53.5 Å². The molecule has 0 N–H and O–H groups in total. The molecule has 1 aliphatic rings. The Morgan fingerprint density at radius 3 is 2.21 bits per heavy atom. The van der Waals surface area contributed by atoms with Gasteiger partial charge >= 0.3 is 0 Å². The van der Waals surface area contributed by atoms with Crippen molar-refractivity contribution in [3.8, 4) is 11.1 Å². The van der Waals surface area contributed by atoms with Crippen molar-refractivity contribution in [3.05, 3.63) is 56.9 Å². The average Bonchev–Trinajstić information content (AvgIpc) is 2.59. The van der Waals surface area contributed by atoms with E-state index < -0.39 is 0 Å². The normalized spacial score (nSPS) is 15.5. The molecular weight excluding hydrogens is 370 g/mol. The maximum absolute atomic E-state index is 12.6. The van der Waals surface area contributed by atoms with Gasteiger partial charge in [-0.1, -0.05) is 12.1 Å². The second-order valence-electron chi connectivity index (χ2n) is 6.17. The van der Waals surface area contributed by atoms with Gasteiger partial charge in [0, 0.05) is 45.0 Å². The summed E-state index contributed by atoms with van der Waals surface area (Å²) in [4.78, 5) is 28.4. The Hall–Kier alpha value is -1.92. The number of pyridine rings is 1. The van der Waals surface area contributed by atoms with Gasteiger partial charge in [-0.15, -0.1) is 0 Å². The number of rotatable bonds is 2. The van der Waals surface area contributed by atoms with Crippen molar-refractivity contribution in [2.24, 2.45) is 7.05 Å². The summed E-state index contributed by atoms with van der Waals surface area (Å²) >= 11 is 3.29. The standard InChI is InChI=1S/C18H20BrN3O2/c1-20-7-9-22(10-8-20)17(23)14-5-3-13(4-6-14)15-11-16(19)18(24)21(2)12-15/h3-6,11-12H,7-10H2,1-2H3. The minimum Gasteiger partial charge on any atom is -0.336 e. The number of carbonyl (C=O) groups excluding carboxylic acids is 1. The van der Waals surface area contributed by atoms with Crippen molar-refractivity contribution < 1.29 is 4.79 Å². The largest absolute Gasteiger partial charge is 0.336 e. The fraction of sp³-hybridized carbons (Fsp3) is 0.333. The molecule has 24 heavy (non-hydrogen) atoms. The number of carbonyl (C=O) groups is 1. The Kier molecular flexibility index (Phi) is 4.87. The molecule has 6 heteroatoms. The lowest BCUT2D eigenvalue weighted by Gasteiger charge is -2.32. The van der Waals surface area contributed by atoms with E-state index in [1.54, 1.807) is 23.9 Å². The van der Waals surface area contributed by atoms with Gasteiger partial charge in [-0.2, -0.15) is 0 Å². The minimum absolute atomic E-state index is 0.0689. The van der Waals surface area contributed by atoms with Crippen molar-refractivity contribution in [1.82, 2.24) is 14.4 Å². The van der Waals surface area contributed by atoms with Gasteiger partial charge in [0.2, 0.25) is 0 Å². The number of nitrogens with zero attached hydrogens (tertiary/aromatic N) is 3. The molecule has 126 valence electrons. The van der Waals surface area contributed by atoms with E-state index in [1.807, 2.05) is 29.2 Å². The second kappa shape index (κ2) is 6.91. The molecule has 1 amide bonds. The van der Waals surface area contributed by atoms with Gasteiger partial charge in [-0.05, 0) is 52.3 Å². The molecule has 1 aliphatic heterocycles. The zero-order chi connectivity index (χ0) is 17.3. The molecule has 1 saturated heterocycles. The molecule has 0 spiro atoms. The van der Waals surface area contributed by atoms with Gasteiger partial charge in [0.1, 0.15) is 0 Å². The maximum atomic E-state index is 12.6. The zero-order valence-electron chi connectivity index (χ0n) is 13.8. The lowest BCUT2D eigenvalue weighted by molar-refractivity contribution is 0.0664. The number of amides is 1. The first-order valence-electron chi connectivity index (χ1n) is 7.90. The van der Waals surface area contributed by atoms with Crippen molar-refractivity contribution in [3.63, 3.8) is 0 Å². The molecule has 1 aromatic heterocycles. The summed E-state index contributed by atoms with van der Waals surface area (Å²) in [5, 5.41) is 0. The van der Waals surface area contributed by atoms with Gasteiger partial charge in [0.25, 0.3) is 11.5 Å². The molecule has 0 bridgehead atoms. The first-order valence-corrected chi connectivity index (χ1v) is 8.69. The van der Waals surface area contributed by atoms with Gasteiger partial charge in [0.15, 0.2) is 0 Å². The predicted octanol–water partition coefficient (Wildman–Crippen LogP) is 2.20. The third kappa shape index (κ3) is 3.44. The topological polar surface area (TPSA) is 45.6 Å². The van der Waals surface area contributed by atoms with E-state index in [-0.39, 0.29) is 11.5 Å². The Morgan fingerprint density at radius 1 is 1.00 bits per heavy atom.